The van der Waals surface area contributed by atoms with Crippen molar-refractivity contribution in [3.8, 4) is 11.5 Å². The zero-order valence-electron chi connectivity index (χ0n) is 9.97. The van der Waals surface area contributed by atoms with E-state index in [0.29, 0.717) is 17.4 Å². The number of phenolic OH excluding ortho intramolecular Hbond substituents is 1. The van der Waals surface area contributed by atoms with Crippen LogP contribution in [0, 0.1) is 0 Å². The van der Waals surface area contributed by atoms with E-state index in [4.69, 9.17) is 16.3 Å². The van der Waals surface area contributed by atoms with Crippen LogP contribution in [0.15, 0.2) is 47.8 Å². The molecule has 0 bridgehead atoms. The third-order valence-electron chi connectivity index (χ3n) is 2.87. The van der Waals surface area contributed by atoms with Crippen molar-refractivity contribution >= 4 is 33.0 Å². The maximum Gasteiger partial charge on any atom is 0.138 e. The third-order valence-corrected chi connectivity index (χ3v) is 4.18. The van der Waals surface area contributed by atoms with E-state index in [9.17, 15) is 5.11 Å². The lowest BCUT2D eigenvalue weighted by Crippen LogP contribution is -1.94. The van der Waals surface area contributed by atoms with Crippen molar-refractivity contribution in [1.82, 2.24) is 0 Å². The van der Waals surface area contributed by atoms with Crippen LogP contribution in [0.4, 0.5) is 0 Å². The lowest BCUT2D eigenvalue weighted by Gasteiger charge is -2.07. The van der Waals surface area contributed by atoms with Gasteiger partial charge in [0.2, 0.25) is 0 Å². The standard InChI is InChI=1S/C15H11ClO2S/c16-11-4-1-2-6-13(11)18-8-10-9-19-14-7-3-5-12(17)15(10)14/h1-7,9,17H,8H2. The fourth-order valence-electron chi connectivity index (χ4n) is 1.96. The summed E-state index contributed by atoms with van der Waals surface area (Å²) >= 11 is 7.64. The van der Waals surface area contributed by atoms with E-state index in [0.717, 1.165) is 15.6 Å². The maximum absolute atomic E-state index is 9.92. The molecule has 2 nitrogen and oxygen atoms in total. The van der Waals surface area contributed by atoms with E-state index in [2.05, 4.69) is 0 Å². The number of ether oxygens (including phenoxy) is 1. The second kappa shape index (κ2) is 5.11. The van der Waals surface area contributed by atoms with E-state index >= 15 is 0 Å². The average Bonchev–Trinajstić information content (AvgIpc) is 2.83. The van der Waals surface area contributed by atoms with Gasteiger partial charge in [0.05, 0.1) is 5.02 Å². The van der Waals surface area contributed by atoms with Gasteiger partial charge in [-0.3, -0.25) is 0 Å². The molecule has 0 aliphatic heterocycles. The van der Waals surface area contributed by atoms with Crippen molar-refractivity contribution in [2.75, 3.05) is 0 Å². The molecule has 1 N–H and O–H groups in total. The summed E-state index contributed by atoms with van der Waals surface area (Å²) in [5, 5.41) is 13.4. The lowest BCUT2D eigenvalue weighted by molar-refractivity contribution is 0.308. The van der Waals surface area contributed by atoms with E-state index in [1.54, 1.807) is 23.5 Å². The minimum absolute atomic E-state index is 0.288. The van der Waals surface area contributed by atoms with Crippen molar-refractivity contribution in [3.05, 3.63) is 58.4 Å². The summed E-state index contributed by atoms with van der Waals surface area (Å²) in [6.07, 6.45) is 0. The van der Waals surface area contributed by atoms with E-state index < -0.39 is 0 Å². The van der Waals surface area contributed by atoms with Gasteiger partial charge in [-0.15, -0.1) is 11.3 Å². The van der Waals surface area contributed by atoms with E-state index in [1.807, 2.05) is 35.7 Å². The van der Waals surface area contributed by atoms with Crippen LogP contribution in [0.3, 0.4) is 0 Å². The lowest BCUT2D eigenvalue weighted by atomic mass is 10.1. The Morgan fingerprint density at radius 2 is 1.95 bits per heavy atom. The van der Waals surface area contributed by atoms with Crippen LogP contribution in [0.2, 0.25) is 5.02 Å². The SMILES string of the molecule is Oc1cccc2scc(COc3ccccc3Cl)c12. The molecule has 2 aromatic carbocycles. The molecule has 0 saturated carbocycles. The van der Waals surface area contributed by atoms with Crippen LogP contribution in [0.25, 0.3) is 10.1 Å². The number of phenols is 1. The molecule has 3 rings (SSSR count). The molecule has 0 spiro atoms. The first-order valence-corrected chi connectivity index (χ1v) is 7.07. The number of para-hydroxylation sites is 1. The van der Waals surface area contributed by atoms with Crippen LogP contribution in [0.1, 0.15) is 5.56 Å². The number of rotatable bonds is 3. The van der Waals surface area contributed by atoms with Crippen molar-refractivity contribution in [3.63, 3.8) is 0 Å². The van der Waals surface area contributed by atoms with E-state index in [1.165, 1.54) is 0 Å². The highest BCUT2D eigenvalue weighted by Crippen LogP contribution is 2.34. The zero-order valence-corrected chi connectivity index (χ0v) is 11.5. The molecule has 0 unspecified atom stereocenters. The van der Waals surface area contributed by atoms with Crippen LogP contribution in [-0.4, -0.2) is 5.11 Å². The normalized spacial score (nSPS) is 10.8. The summed E-state index contributed by atoms with van der Waals surface area (Å²) in [5.74, 6) is 0.940. The fourth-order valence-corrected chi connectivity index (χ4v) is 3.11. The number of hydrogen-bond donors (Lipinski definition) is 1. The number of aromatic hydroxyl groups is 1. The zero-order chi connectivity index (χ0) is 13.2. The third kappa shape index (κ3) is 2.39. The first kappa shape index (κ1) is 12.3. The second-order valence-electron chi connectivity index (χ2n) is 4.13. The minimum atomic E-state index is 0.288. The highest BCUT2D eigenvalue weighted by molar-refractivity contribution is 7.17. The van der Waals surface area contributed by atoms with Gasteiger partial charge in [0, 0.05) is 15.6 Å². The summed E-state index contributed by atoms with van der Waals surface area (Å²) in [7, 11) is 0. The highest BCUT2D eigenvalue weighted by atomic mass is 35.5. The molecule has 1 aromatic heterocycles. The number of hydrogen-bond acceptors (Lipinski definition) is 3. The van der Waals surface area contributed by atoms with Gasteiger partial charge in [0.25, 0.3) is 0 Å². The predicted molar refractivity (Wildman–Crippen MR) is 79.3 cm³/mol. The molecule has 3 aromatic rings. The molecule has 0 aliphatic carbocycles. The largest absolute Gasteiger partial charge is 0.507 e. The Morgan fingerprint density at radius 1 is 1.11 bits per heavy atom. The Labute approximate surface area is 119 Å². The van der Waals surface area contributed by atoms with Gasteiger partial charge in [-0.25, -0.2) is 0 Å². The van der Waals surface area contributed by atoms with Gasteiger partial charge < -0.3 is 9.84 Å². The molecular formula is C15H11ClO2S. The molecule has 0 atom stereocenters. The van der Waals surface area contributed by atoms with Crippen LogP contribution < -0.4 is 4.74 Å². The van der Waals surface area contributed by atoms with Gasteiger partial charge in [-0.2, -0.15) is 0 Å². The average molecular weight is 291 g/mol. The quantitative estimate of drug-likeness (QED) is 0.748. The smallest absolute Gasteiger partial charge is 0.138 e. The summed E-state index contributed by atoms with van der Waals surface area (Å²) in [6.45, 7) is 0.390. The molecule has 1 heterocycles. The molecule has 19 heavy (non-hydrogen) atoms. The molecule has 0 saturated heterocycles. The van der Waals surface area contributed by atoms with Gasteiger partial charge in [-0.05, 0) is 29.6 Å². The van der Waals surface area contributed by atoms with Crippen molar-refractivity contribution < 1.29 is 9.84 Å². The topological polar surface area (TPSA) is 29.5 Å². The van der Waals surface area contributed by atoms with Gasteiger partial charge in [0.15, 0.2) is 0 Å². The Hall–Kier alpha value is -1.71. The maximum atomic E-state index is 9.92. The van der Waals surface area contributed by atoms with Crippen molar-refractivity contribution in [2.24, 2.45) is 0 Å². The molecule has 0 amide bonds. The Balaban J connectivity index is 1.89. The van der Waals surface area contributed by atoms with Crippen LogP contribution in [-0.2, 0) is 6.61 Å². The molecule has 4 heteroatoms. The highest BCUT2D eigenvalue weighted by Gasteiger charge is 2.09. The molecule has 0 fully saturated rings. The second-order valence-corrected chi connectivity index (χ2v) is 5.45. The van der Waals surface area contributed by atoms with Crippen molar-refractivity contribution in [2.45, 2.75) is 6.61 Å². The molecular weight excluding hydrogens is 280 g/mol. The first-order chi connectivity index (χ1) is 9.25. The first-order valence-electron chi connectivity index (χ1n) is 5.81. The fraction of sp³-hybridized carbons (Fsp3) is 0.0667. The number of benzene rings is 2. The van der Waals surface area contributed by atoms with Crippen LogP contribution in [0.5, 0.6) is 11.5 Å². The van der Waals surface area contributed by atoms with Crippen LogP contribution >= 0.6 is 22.9 Å². The Kier molecular flexibility index (Phi) is 3.32. The molecule has 0 radical (unpaired) electrons. The summed E-state index contributed by atoms with van der Waals surface area (Å²) in [5.41, 5.74) is 0.970. The summed E-state index contributed by atoms with van der Waals surface area (Å²) in [6, 6.07) is 12.9. The van der Waals surface area contributed by atoms with E-state index in [-0.39, 0.29) is 5.75 Å². The predicted octanol–water partition coefficient (Wildman–Crippen LogP) is 4.84. The van der Waals surface area contributed by atoms with Gasteiger partial charge >= 0.3 is 0 Å². The summed E-state index contributed by atoms with van der Waals surface area (Å²) in [4.78, 5) is 0. The Bertz CT molecular complexity index is 721. The van der Waals surface area contributed by atoms with Gasteiger partial charge in [0.1, 0.15) is 18.1 Å². The monoisotopic (exact) mass is 290 g/mol. The van der Waals surface area contributed by atoms with Gasteiger partial charge in [-0.1, -0.05) is 29.8 Å². The number of fused-ring (bicyclic) bond motifs is 1. The summed E-state index contributed by atoms with van der Waals surface area (Å²) < 4.78 is 6.76. The number of halogens is 1. The number of thiophene rings is 1. The molecule has 0 aliphatic rings. The Morgan fingerprint density at radius 3 is 2.79 bits per heavy atom. The van der Waals surface area contributed by atoms with Crippen molar-refractivity contribution in [1.29, 1.82) is 0 Å². The minimum Gasteiger partial charge on any atom is -0.507 e. The molecule has 96 valence electrons.